The molecule has 0 fully saturated rings. The molecule has 0 aliphatic carbocycles. The van der Waals surface area contributed by atoms with Gasteiger partial charge in [-0.25, -0.2) is 4.98 Å². The first-order chi connectivity index (χ1) is 17.8. The van der Waals surface area contributed by atoms with Crippen molar-refractivity contribution in [2.75, 3.05) is 6.61 Å². The fourth-order valence-electron chi connectivity index (χ4n) is 3.67. The second-order valence-electron chi connectivity index (χ2n) is 7.84. The van der Waals surface area contributed by atoms with E-state index in [1.54, 1.807) is 36.4 Å². The molecule has 0 aliphatic heterocycles. The van der Waals surface area contributed by atoms with Crippen LogP contribution in [0.1, 0.15) is 5.56 Å². The summed E-state index contributed by atoms with van der Waals surface area (Å²) in [5.74, 6) is -0.199. The molecule has 5 rings (SSSR count). The van der Waals surface area contributed by atoms with Crippen molar-refractivity contribution < 1.29 is 18.9 Å². The molecule has 0 bridgehead atoms. The van der Waals surface area contributed by atoms with Gasteiger partial charge in [-0.3, -0.25) is 19.7 Å². The number of halogens is 1. The van der Waals surface area contributed by atoms with Gasteiger partial charge < -0.3 is 14.9 Å². The Kier molecular flexibility index (Phi) is 6.24. The summed E-state index contributed by atoms with van der Waals surface area (Å²) in [4.78, 5) is 40.0. The zero-order valence-electron chi connectivity index (χ0n) is 18.8. The van der Waals surface area contributed by atoms with Gasteiger partial charge in [0.2, 0.25) is 5.82 Å². The molecule has 0 unspecified atom stereocenters. The number of hydrogen-bond acceptors (Lipinski definition) is 8. The lowest BCUT2D eigenvalue weighted by atomic mass is 10.2. The number of nitrogens with two attached hydrogens (primary N) is 1. The third-order valence-corrected chi connectivity index (χ3v) is 5.83. The molecule has 12 heteroatoms. The zero-order valence-corrected chi connectivity index (χ0v) is 20.4. The molecule has 3 aromatic carbocycles. The summed E-state index contributed by atoms with van der Waals surface area (Å²) in [6, 6.07) is 17.7. The van der Waals surface area contributed by atoms with E-state index >= 15 is 0 Å². The number of ether oxygens (including phenoxy) is 1. The molecule has 11 nitrogen and oxygen atoms in total. The number of furan rings is 1. The number of para-hydroxylation sites is 1. The maximum atomic E-state index is 13.4. The number of carbonyl (C=O) groups excluding carboxylic acids is 1. The minimum Gasteiger partial charge on any atom is -0.483 e. The molecule has 2 aromatic heterocycles. The lowest BCUT2D eigenvalue weighted by Gasteiger charge is -2.09. The van der Waals surface area contributed by atoms with Crippen LogP contribution in [0.2, 0.25) is 0 Å². The largest absolute Gasteiger partial charge is 0.483 e. The van der Waals surface area contributed by atoms with Gasteiger partial charge in [-0.05, 0) is 42.5 Å². The highest BCUT2D eigenvalue weighted by Gasteiger charge is 2.17. The monoisotopic (exact) mass is 561 g/mol. The van der Waals surface area contributed by atoms with E-state index in [4.69, 9.17) is 14.9 Å². The Balaban J connectivity index is 1.69. The van der Waals surface area contributed by atoms with E-state index in [1.807, 2.05) is 12.1 Å². The number of nitro benzene ring substituents is 1. The molecular formula is C25H16BrN5O6. The van der Waals surface area contributed by atoms with Crippen molar-refractivity contribution in [1.82, 2.24) is 9.66 Å². The Morgan fingerprint density at radius 2 is 2.00 bits per heavy atom. The third-order valence-electron chi connectivity index (χ3n) is 5.34. The molecule has 37 heavy (non-hydrogen) atoms. The van der Waals surface area contributed by atoms with Gasteiger partial charge in [0.25, 0.3) is 17.2 Å². The molecular weight excluding hydrogens is 546 g/mol. The third kappa shape index (κ3) is 4.82. The highest BCUT2D eigenvalue weighted by molar-refractivity contribution is 9.10. The van der Waals surface area contributed by atoms with Crippen LogP contribution >= 0.6 is 15.9 Å². The highest BCUT2D eigenvalue weighted by atomic mass is 79.9. The molecule has 2 heterocycles. The first-order valence-corrected chi connectivity index (χ1v) is 11.5. The normalized spacial score (nSPS) is 11.4. The van der Waals surface area contributed by atoms with E-state index in [9.17, 15) is 19.7 Å². The van der Waals surface area contributed by atoms with E-state index in [-0.39, 0.29) is 28.6 Å². The van der Waals surface area contributed by atoms with Crippen LogP contribution in [0.5, 0.6) is 5.75 Å². The molecule has 0 radical (unpaired) electrons. The minimum atomic E-state index is -0.727. The molecule has 0 atom stereocenters. The van der Waals surface area contributed by atoms with E-state index in [0.29, 0.717) is 16.5 Å². The number of non-ortho nitro benzene ring substituents is 1. The summed E-state index contributed by atoms with van der Waals surface area (Å²) in [6.07, 6.45) is 1.21. The first-order valence-electron chi connectivity index (χ1n) is 10.8. The average molecular weight is 562 g/mol. The smallest absolute Gasteiger partial charge is 0.282 e. The number of aromatic nitrogens is 2. The molecule has 5 aromatic rings. The first kappa shape index (κ1) is 23.9. The molecule has 2 N–H and O–H groups in total. The lowest BCUT2D eigenvalue weighted by molar-refractivity contribution is -0.384. The number of primary amides is 1. The summed E-state index contributed by atoms with van der Waals surface area (Å²) in [5.41, 5.74) is 5.61. The Morgan fingerprint density at radius 1 is 1.19 bits per heavy atom. The van der Waals surface area contributed by atoms with Crippen LogP contribution in [0.15, 0.2) is 85.5 Å². The van der Waals surface area contributed by atoms with Gasteiger partial charge in [0.05, 0.1) is 22.0 Å². The van der Waals surface area contributed by atoms with Crippen molar-refractivity contribution in [2.45, 2.75) is 0 Å². The van der Waals surface area contributed by atoms with Gasteiger partial charge in [0.15, 0.2) is 12.4 Å². The van der Waals surface area contributed by atoms with Crippen molar-refractivity contribution in [1.29, 1.82) is 0 Å². The molecule has 184 valence electrons. The van der Waals surface area contributed by atoms with Gasteiger partial charge >= 0.3 is 0 Å². The Hall–Kier alpha value is -4.84. The van der Waals surface area contributed by atoms with Crippen molar-refractivity contribution in [3.63, 3.8) is 0 Å². The molecule has 0 spiro atoms. The Bertz CT molecular complexity index is 1790. The van der Waals surface area contributed by atoms with Gasteiger partial charge in [0, 0.05) is 27.6 Å². The molecule has 1 amide bonds. The second-order valence-corrected chi connectivity index (χ2v) is 8.76. The topological polar surface area (TPSA) is 156 Å². The van der Waals surface area contributed by atoms with Crippen molar-refractivity contribution in [3.8, 4) is 17.3 Å². The lowest BCUT2D eigenvalue weighted by Crippen LogP contribution is -2.21. The molecule has 0 aliphatic rings. The number of hydrogen-bond donors (Lipinski definition) is 1. The van der Waals surface area contributed by atoms with Gasteiger partial charge in [-0.15, -0.1) is 0 Å². The predicted octanol–water partition coefficient (Wildman–Crippen LogP) is 4.23. The number of benzene rings is 3. The van der Waals surface area contributed by atoms with Gasteiger partial charge in [-0.2, -0.15) is 9.78 Å². The second kappa shape index (κ2) is 9.66. The van der Waals surface area contributed by atoms with Crippen LogP contribution in [0.4, 0.5) is 5.69 Å². The van der Waals surface area contributed by atoms with Crippen LogP contribution in [0.25, 0.3) is 33.5 Å². The summed E-state index contributed by atoms with van der Waals surface area (Å²) in [6.45, 7) is -0.448. The van der Waals surface area contributed by atoms with Crippen molar-refractivity contribution >= 4 is 55.6 Å². The van der Waals surface area contributed by atoms with Crippen molar-refractivity contribution in [2.24, 2.45) is 10.8 Å². The quantitative estimate of drug-likeness (QED) is 0.177. The predicted molar refractivity (Wildman–Crippen MR) is 140 cm³/mol. The fraction of sp³-hybridized carbons (Fsp3) is 0.0400. The van der Waals surface area contributed by atoms with Crippen molar-refractivity contribution in [3.05, 3.63) is 97.2 Å². The number of fused-ring (bicyclic) bond motifs is 2. The standard InChI is InChI=1S/C25H16BrN5O6/c26-16-5-7-21-14(9-16)11-22(37-21)24-29-19-4-2-1-3-18(19)25(33)30(24)28-12-15-10-17(31(34)35)6-8-20(15)36-13-23(27)32/h1-12H,13H2,(H2,27,32). The van der Waals surface area contributed by atoms with Crippen LogP contribution < -0.4 is 16.0 Å². The summed E-state index contributed by atoms with van der Waals surface area (Å²) < 4.78 is 13.2. The van der Waals surface area contributed by atoms with E-state index in [2.05, 4.69) is 26.0 Å². The average Bonchev–Trinajstić information content (AvgIpc) is 3.30. The number of carbonyl (C=O) groups is 1. The molecule has 0 saturated heterocycles. The number of amides is 1. The van der Waals surface area contributed by atoms with Gasteiger partial charge in [0.1, 0.15) is 11.3 Å². The van der Waals surface area contributed by atoms with Crippen LogP contribution in [0, 0.1) is 10.1 Å². The van der Waals surface area contributed by atoms with E-state index < -0.39 is 23.0 Å². The summed E-state index contributed by atoms with van der Waals surface area (Å²) in [5, 5.41) is 16.7. The Morgan fingerprint density at radius 3 is 2.78 bits per heavy atom. The number of nitro groups is 1. The SMILES string of the molecule is NC(=O)COc1ccc([N+](=O)[O-])cc1C=Nn1c(-c2cc3cc(Br)ccc3o2)nc2ccccc2c1=O. The maximum absolute atomic E-state index is 13.4. The van der Waals surface area contributed by atoms with Crippen LogP contribution in [-0.2, 0) is 4.79 Å². The van der Waals surface area contributed by atoms with Gasteiger partial charge in [-0.1, -0.05) is 28.1 Å². The minimum absolute atomic E-state index is 0.116. The number of rotatable bonds is 7. The fourth-order valence-corrected chi connectivity index (χ4v) is 4.04. The van der Waals surface area contributed by atoms with E-state index in [0.717, 1.165) is 14.5 Å². The Labute approximate surface area is 216 Å². The zero-order chi connectivity index (χ0) is 26.1. The van der Waals surface area contributed by atoms with Crippen LogP contribution in [-0.4, -0.2) is 33.3 Å². The highest BCUT2D eigenvalue weighted by Crippen LogP contribution is 2.29. The molecule has 0 saturated carbocycles. The summed E-state index contributed by atoms with van der Waals surface area (Å²) >= 11 is 3.43. The summed E-state index contributed by atoms with van der Waals surface area (Å²) in [7, 11) is 0. The maximum Gasteiger partial charge on any atom is 0.282 e. The number of nitrogens with zero attached hydrogens (tertiary/aromatic N) is 4. The van der Waals surface area contributed by atoms with E-state index in [1.165, 1.54) is 24.4 Å². The van der Waals surface area contributed by atoms with Crippen LogP contribution in [0.3, 0.4) is 0 Å².